The van der Waals surface area contributed by atoms with E-state index in [9.17, 15) is 9.59 Å². The zero-order chi connectivity index (χ0) is 15.7. The molecule has 116 valence electrons. The largest absolute Gasteiger partial charge is 0.480 e. The number of carbonyl (C=O) groups is 2. The van der Waals surface area contributed by atoms with Crippen molar-refractivity contribution in [3.05, 3.63) is 35.4 Å². The molecule has 1 rings (SSSR count). The van der Waals surface area contributed by atoms with E-state index in [4.69, 9.17) is 5.11 Å². The molecule has 0 bridgehead atoms. The van der Waals surface area contributed by atoms with Crippen LogP contribution in [0.25, 0.3) is 0 Å². The van der Waals surface area contributed by atoms with Crippen LogP contribution in [-0.2, 0) is 11.2 Å². The minimum atomic E-state index is -0.976. The molecule has 0 saturated carbocycles. The van der Waals surface area contributed by atoms with Crippen LogP contribution in [0.2, 0.25) is 0 Å². The van der Waals surface area contributed by atoms with Gasteiger partial charge in [-0.3, -0.25) is 4.79 Å². The third-order valence-corrected chi connectivity index (χ3v) is 3.48. The molecule has 4 nitrogen and oxygen atoms in total. The van der Waals surface area contributed by atoms with E-state index in [1.807, 2.05) is 19.1 Å². The Labute approximate surface area is 126 Å². The lowest BCUT2D eigenvalue weighted by molar-refractivity contribution is -0.139. The fourth-order valence-electron chi connectivity index (χ4n) is 2.11. The van der Waals surface area contributed by atoms with Crippen LogP contribution in [0.15, 0.2) is 24.3 Å². The second-order valence-electron chi connectivity index (χ2n) is 5.31. The van der Waals surface area contributed by atoms with Gasteiger partial charge in [0.25, 0.3) is 5.91 Å². The van der Waals surface area contributed by atoms with E-state index in [2.05, 4.69) is 12.2 Å². The summed E-state index contributed by atoms with van der Waals surface area (Å²) in [7, 11) is 0. The molecule has 0 spiro atoms. The average molecular weight is 291 g/mol. The SMILES string of the molecule is CCCCc1ccc(C(=O)N[C@@H](CCCC)C(=O)O)cc1. The molecule has 1 atom stereocenters. The lowest BCUT2D eigenvalue weighted by Crippen LogP contribution is -2.40. The number of benzene rings is 1. The molecule has 0 heterocycles. The molecule has 0 aliphatic rings. The average Bonchev–Trinajstić information content (AvgIpc) is 2.49. The first kappa shape index (κ1) is 17.2. The first-order valence-electron chi connectivity index (χ1n) is 7.71. The van der Waals surface area contributed by atoms with Crippen LogP contribution in [0.4, 0.5) is 0 Å². The Morgan fingerprint density at radius 2 is 1.71 bits per heavy atom. The zero-order valence-electron chi connectivity index (χ0n) is 12.9. The molecule has 1 amide bonds. The van der Waals surface area contributed by atoms with Gasteiger partial charge in [-0.2, -0.15) is 0 Å². The Kier molecular flexibility index (Phi) is 7.51. The summed E-state index contributed by atoms with van der Waals surface area (Å²) in [4.78, 5) is 23.2. The summed E-state index contributed by atoms with van der Waals surface area (Å²) in [6, 6.07) is 6.59. The van der Waals surface area contributed by atoms with Gasteiger partial charge < -0.3 is 10.4 Å². The van der Waals surface area contributed by atoms with Crippen molar-refractivity contribution in [3.63, 3.8) is 0 Å². The summed E-state index contributed by atoms with van der Waals surface area (Å²) < 4.78 is 0. The number of carboxylic acid groups (broad SMARTS) is 1. The van der Waals surface area contributed by atoms with Crippen LogP contribution >= 0.6 is 0 Å². The van der Waals surface area contributed by atoms with Crippen LogP contribution in [0.5, 0.6) is 0 Å². The topological polar surface area (TPSA) is 66.4 Å². The Balaban J connectivity index is 2.62. The maximum atomic E-state index is 12.1. The predicted molar refractivity (Wildman–Crippen MR) is 83.5 cm³/mol. The van der Waals surface area contributed by atoms with Crippen LogP contribution in [0.3, 0.4) is 0 Å². The molecule has 0 unspecified atom stereocenters. The van der Waals surface area contributed by atoms with E-state index >= 15 is 0 Å². The smallest absolute Gasteiger partial charge is 0.326 e. The number of aliphatic carboxylic acids is 1. The first-order chi connectivity index (χ1) is 10.1. The van der Waals surface area contributed by atoms with Crippen LogP contribution in [0.1, 0.15) is 61.9 Å². The molecule has 21 heavy (non-hydrogen) atoms. The number of aryl methyl sites for hydroxylation is 1. The van der Waals surface area contributed by atoms with Crippen molar-refractivity contribution in [2.45, 2.75) is 58.4 Å². The van der Waals surface area contributed by atoms with Gasteiger partial charge in [0.15, 0.2) is 0 Å². The van der Waals surface area contributed by atoms with Crippen molar-refractivity contribution in [1.82, 2.24) is 5.32 Å². The monoisotopic (exact) mass is 291 g/mol. The van der Waals surface area contributed by atoms with E-state index in [0.29, 0.717) is 12.0 Å². The number of carboxylic acids is 1. The molecule has 0 fully saturated rings. The molecule has 0 radical (unpaired) electrons. The van der Waals surface area contributed by atoms with Crippen LogP contribution in [-0.4, -0.2) is 23.0 Å². The fourth-order valence-corrected chi connectivity index (χ4v) is 2.11. The third kappa shape index (κ3) is 5.98. The van der Waals surface area contributed by atoms with Gasteiger partial charge in [0.2, 0.25) is 0 Å². The van der Waals surface area contributed by atoms with Gasteiger partial charge in [-0.15, -0.1) is 0 Å². The van der Waals surface area contributed by atoms with E-state index in [1.165, 1.54) is 5.56 Å². The van der Waals surface area contributed by atoms with Crippen LogP contribution in [0, 0.1) is 0 Å². The van der Waals surface area contributed by atoms with Gasteiger partial charge in [-0.1, -0.05) is 45.2 Å². The fraction of sp³-hybridized carbons (Fsp3) is 0.529. The summed E-state index contributed by atoms with van der Waals surface area (Å²) in [5, 5.41) is 11.7. The summed E-state index contributed by atoms with van der Waals surface area (Å²) in [6.07, 6.45) is 5.43. The zero-order valence-corrected chi connectivity index (χ0v) is 12.9. The normalized spacial score (nSPS) is 11.9. The lowest BCUT2D eigenvalue weighted by Gasteiger charge is -2.14. The highest BCUT2D eigenvalue weighted by Gasteiger charge is 2.19. The number of hydrogen-bond donors (Lipinski definition) is 2. The lowest BCUT2D eigenvalue weighted by atomic mass is 10.1. The maximum Gasteiger partial charge on any atom is 0.326 e. The number of amides is 1. The number of unbranched alkanes of at least 4 members (excludes halogenated alkanes) is 2. The minimum absolute atomic E-state index is 0.319. The van der Waals surface area contributed by atoms with Gasteiger partial charge in [0.05, 0.1) is 0 Å². The van der Waals surface area contributed by atoms with Gasteiger partial charge in [0.1, 0.15) is 6.04 Å². The highest BCUT2D eigenvalue weighted by atomic mass is 16.4. The van der Waals surface area contributed by atoms with Crippen LogP contribution < -0.4 is 5.32 Å². The number of nitrogens with one attached hydrogen (secondary N) is 1. The second-order valence-corrected chi connectivity index (χ2v) is 5.31. The highest BCUT2D eigenvalue weighted by Crippen LogP contribution is 2.09. The van der Waals surface area contributed by atoms with E-state index < -0.39 is 12.0 Å². The van der Waals surface area contributed by atoms with Crippen molar-refractivity contribution in [1.29, 1.82) is 0 Å². The molecule has 1 aromatic rings. The summed E-state index contributed by atoms with van der Waals surface area (Å²) in [6.45, 7) is 4.14. The van der Waals surface area contributed by atoms with E-state index in [1.54, 1.807) is 12.1 Å². The number of rotatable bonds is 9. The standard InChI is InChI=1S/C17H25NO3/c1-3-5-7-13-9-11-14(12-10-13)16(19)18-15(17(20)21)8-6-4-2/h9-12,15H,3-8H2,1-2H3,(H,18,19)(H,20,21)/t15-/m0/s1. The molecular formula is C17H25NO3. The van der Waals surface area contributed by atoms with Gasteiger partial charge in [0, 0.05) is 5.56 Å². The second kappa shape index (κ2) is 9.16. The molecule has 1 aromatic carbocycles. The highest BCUT2D eigenvalue weighted by molar-refractivity contribution is 5.96. The van der Waals surface area contributed by atoms with Crippen molar-refractivity contribution in [3.8, 4) is 0 Å². The molecule has 0 aliphatic heterocycles. The van der Waals surface area contributed by atoms with Gasteiger partial charge in [-0.05, 0) is 37.0 Å². The number of hydrogen-bond acceptors (Lipinski definition) is 2. The van der Waals surface area contributed by atoms with Crippen molar-refractivity contribution in [2.75, 3.05) is 0 Å². The predicted octanol–water partition coefficient (Wildman–Crippen LogP) is 3.40. The first-order valence-corrected chi connectivity index (χ1v) is 7.71. The molecule has 0 aliphatic carbocycles. The quantitative estimate of drug-likeness (QED) is 0.732. The van der Waals surface area contributed by atoms with Gasteiger partial charge in [-0.25, -0.2) is 4.79 Å². The summed E-state index contributed by atoms with van der Waals surface area (Å²) in [5.74, 6) is -1.29. The summed E-state index contributed by atoms with van der Waals surface area (Å²) >= 11 is 0. The third-order valence-electron chi connectivity index (χ3n) is 3.48. The van der Waals surface area contributed by atoms with E-state index in [-0.39, 0.29) is 5.91 Å². The Bertz CT molecular complexity index is 454. The van der Waals surface area contributed by atoms with E-state index in [0.717, 1.165) is 32.1 Å². The minimum Gasteiger partial charge on any atom is -0.480 e. The molecule has 4 heteroatoms. The van der Waals surface area contributed by atoms with Crippen molar-refractivity contribution in [2.24, 2.45) is 0 Å². The Morgan fingerprint density at radius 1 is 1.10 bits per heavy atom. The Morgan fingerprint density at radius 3 is 2.24 bits per heavy atom. The molecule has 0 aromatic heterocycles. The van der Waals surface area contributed by atoms with Crippen molar-refractivity contribution < 1.29 is 14.7 Å². The van der Waals surface area contributed by atoms with Crippen molar-refractivity contribution >= 4 is 11.9 Å². The number of carbonyl (C=O) groups excluding carboxylic acids is 1. The molecule has 2 N–H and O–H groups in total. The molecular weight excluding hydrogens is 266 g/mol. The Hall–Kier alpha value is -1.84. The van der Waals surface area contributed by atoms with Gasteiger partial charge >= 0.3 is 5.97 Å². The molecule has 0 saturated heterocycles. The maximum absolute atomic E-state index is 12.1. The summed E-state index contributed by atoms with van der Waals surface area (Å²) in [5.41, 5.74) is 1.71.